The highest BCUT2D eigenvalue weighted by Gasteiger charge is 2.38. The fourth-order valence-electron chi connectivity index (χ4n) is 6.95. The summed E-state index contributed by atoms with van der Waals surface area (Å²) in [7, 11) is 2.08. The number of nitrogens with one attached hydrogen (secondary N) is 1. The largest absolute Gasteiger partial charge is 0.508 e. The van der Waals surface area contributed by atoms with Gasteiger partial charge in [0.2, 0.25) is 0 Å². The molecule has 3 fully saturated rings. The quantitative estimate of drug-likeness (QED) is 0.335. The molecule has 0 aliphatic carbocycles. The number of fused-ring (bicyclic) bond motifs is 4. The Morgan fingerprint density at radius 1 is 1.18 bits per heavy atom. The maximum absolute atomic E-state index is 16.7. The van der Waals surface area contributed by atoms with Crippen molar-refractivity contribution in [2.24, 2.45) is 11.3 Å². The van der Waals surface area contributed by atoms with Crippen LogP contribution in [0.25, 0.3) is 32.8 Å². The Labute approximate surface area is 237 Å². The lowest BCUT2D eigenvalue weighted by atomic mass is 9.83. The van der Waals surface area contributed by atoms with Crippen molar-refractivity contribution in [2.45, 2.75) is 25.8 Å². The maximum atomic E-state index is 16.7. The summed E-state index contributed by atoms with van der Waals surface area (Å²) in [6.07, 6.45) is 2.18. The van der Waals surface area contributed by atoms with E-state index in [-0.39, 0.29) is 33.3 Å². The van der Waals surface area contributed by atoms with E-state index in [1.54, 1.807) is 18.2 Å². The normalized spacial score (nSPS) is 22.4. The van der Waals surface area contributed by atoms with Crippen LogP contribution < -0.4 is 15.0 Å². The molecule has 7 rings (SSSR count). The smallest absolute Gasteiger partial charge is 0.319 e. The van der Waals surface area contributed by atoms with Crippen molar-refractivity contribution in [3.05, 3.63) is 53.3 Å². The number of nitrogens with zero attached hydrogens (tertiary/aromatic N) is 4. The first kappa shape index (κ1) is 25.7. The van der Waals surface area contributed by atoms with Crippen LogP contribution in [-0.4, -0.2) is 72.4 Å². The molecule has 2 bridgehead atoms. The molecule has 3 aliphatic rings. The van der Waals surface area contributed by atoms with Crippen molar-refractivity contribution in [1.29, 1.82) is 0 Å². The Morgan fingerprint density at radius 3 is 2.83 bits per heavy atom. The Hall–Kier alpha value is -3.20. The molecule has 3 aromatic carbocycles. The number of benzene rings is 3. The Morgan fingerprint density at radius 2 is 2.00 bits per heavy atom. The van der Waals surface area contributed by atoms with Crippen LogP contribution in [0.2, 0.25) is 5.02 Å². The van der Waals surface area contributed by atoms with Gasteiger partial charge in [-0.15, -0.1) is 0 Å². The number of likely N-dealkylation sites (tertiary alicyclic amines) is 1. The molecule has 2 unspecified atom stereocenters. The summed E-state index contributed by atoms with van der Waals surface area (Å²) in [4.78, 5) is 14.0. The first-order valence-corrected chi connectivity index (χ1v) is 14.4. The average molecular weight is 562 g/mol. The Bertz CT molecular complexity index is 1630. The monoisotopic (exact) mass is 561 g/mol. The summed E-state index contributed by atoms with van der Waals surface area (Å²) >= 11 is 6.86. The molecule has 0 saturated carbocycles. The third-order valence-corrected chi connectivity index (χ3v) is 8.97. The number of hydrogen-bond acceptors (Lipinski definition) is 7. The molecule has 0 amide bonds. The van der Waals surface area contributed by atoms with Crippen LogP contribution in [-0.2, 0) is 0 Å². The minimum Gasteiger partial charge on any atom is -0.508 e. The number of phenolic OH excluding ortho intramolecular Hbond substituents is 1. The van der Waals surface area contributed by atoms with Crippen molar-refractivity contribution >= 4 is 39.1 Å². The fourth-order valence-corrected chi connectivity index (χ4v) is 7.24. The zero-order chi connectivity index (χ0) is 27.6. The van der Waals surface area contributed by atoms with Gasteiger partial charge in [0.05, 0.1) is 11.6 Å². The summed E-state index contributed by atoms with van der Waals surface area (Å²) in [6.45, 7) is 7.13. The number of rotatable bonds is 5. The predicted octanol–water partition coefficient (Wildman–Crippen LogP) is 5.47. The Balaban J connectivity index is 1.38. The highest BCUT2D eigenvalue weighted by molar-refractivity contribution is 6.35. The van der Waals surface area contributed by atoms with Gasteiger partial charge in [-0.1, -0.05) is 42.8 Å². The fraction of sp³-hybridized carbons (Fsp3) is 0.419. The van der Waals surface area contributed by atoms with E-state index in [2.05, 4.69) is 34.1 Å². The molecule has 0 radical (unpaired) electrons. The third kappa shape index (κ3) is 4.52. The minimum atomic E-state index is -0.546. The van der Waals surface area contributed by atoms with E-state index < -0.39 is 5.82 Å². The molecule has 7 nitrogen and oxygen atoms in total. The molecular weight excluding hydrogens is 529 g/mol. The number of aromatic nitrogens is 2. The lowest BCUT2D eigenvalue weighted by Crippen LogP contribution is -2.55. The van der Waals surface area contributed by atoms with Gasteiger partial charge >= 0.3 is 6.01 Å². The highest BCUT2D eigenvalue weighted by Crippen LogP contribution is 2.43. The van der Waals surface area contributed by atoms with Crippen LogP contribution in [0.15, 0.2) is 42.5 Å². The number of aromatic hydroxyl groups is 1. The van der Waals surface area contributed by atoms with Gasteiger partial charge in [-0.05, 0) is 66.9 Å². The predicted molar refractivity (Wildman–Crippen MR) is 157 cm³/mol. The highest BCUT2D eigenvalue weighted by atomic mass is 35.5. The summed E-state index contributed by atoms with van der Waals surface area (Å²) < 4.78 is 22.9. The summed E-state index contributed by atoms with van der Waals surface area (Å²) in [5, 5.41) is 16.5. The van der Waals surface area contributed by atoms with Crippen molar-refractivity contribution in [1.82, 2.24) is 20.2 Å². The van der Waals surface area contributed by atoms with Gasteiger partial charge < -0.3 is 25.0 Å². The lowest BCUT2D eigenvalue weighted by molar-refractivity contribution is -0.00389. The number of hydrogen-bond donors (Lipinski definition) is 2. The van der Waals surface area contributed by atoms with E-state index in [4.69, 9.17) is 21.3 Å². The molecule has 4 aromatic rings. The first-order chi connectivity index (χ1) is 19.3. The van der Waals surface area contributed by atoms with Crippen LogP contribution in [0.3, 0.4) is 0 Å². The molecule has 2 atom stereocenters. The Kier molecular flexibility index (Phi) is 6.25. The van der Waals surface area contributed by atoms with Gasteiger partial charge in [-0.25, -0.2) is 4.39 Å². The zero-order valence-electron chi connectivity index (χ0n) is 22.8. The summed E-state index contributed by atoms with van der Waals surface area (Å²) in [5.41, 5.74) is 0.901. The molecule has 2 N–H and O–H groups in total. The van der Waals surface area contributed by atoms with Crippen molar-refractivity contribution in [3.63, 3.8) is 0 Å². The van der Waals surface area contributed by atoms with Gasteiger partial charge in [0, 0.05) is 48.6 Å². The molecule has 1 aromatic heterocycles. The minimum absolute atomic E-state index is 0.00306. The second-order valence-electron chi connectivity index (χ2n) is 12.2. The van der Waals surface area contributed by atoms with Crippen LogP contribution in [0, 0.1) is 17.2 Å². The number of ether oxygens (including phenoxy) is 1. The number of halogens is 2. The molecule has 4 heterocycles. The van der Waals surface area contributed by atoms with E-state index in [9.17, 15) is 5.11 Å². The summed E-state index contributed by atoms with van der Waals surface area (Å²) in [6, 6.07) is 13.1. The SMILES string of the molecule is CN1CC(C)(COc2nc(N3CCC4CNC(C4)C3)c3cc(Cl)c(-c4cc(O)cc5ccccc45)c(F)c3n2)C1. The molecule has 3 aliphatic heterocycles. The summed E-state index contributed by atoms with van der Waals surface area (Å²) in [5.74, 6) is 0.789. The zero-order valence-corrected chi connectivity index (χ0v) is 23.5. The molecular formula is C31H33ClFN5O2. The second-order valence-corrected chi connectivity index (χ2v) is 12.6. The van der Waals surface area contributed by atoms with E-state index in [0.29, 0.717) is 35.3 Å². The van der Waals surface area contributed by atoms with Crippen LogP contribution in [0.4, 0.5) is 10.2 Å². The van der Waals surface area contributed by atoms with Gasteiger partial charge in [0.1, 0.15) is 17.1 Å². The topological polar surface area (TPSA) is 73.8 Å². The van der Waals surface area contributed by atoms with Gasteiger partial charge in [0.25, 0.3) is 0 Å². The first-order valence-electron chi connectivity index (χ1n) is 14.0. The van der Waals surface area contributed by atoms with Crippen LogP contribution >= 0.6 is 11.6 Å². The molecule has 40 heavy (non-hydrogen) atoms. The molecule has 208 valence electrons. The van der Waals surface area contributed by atoms with Crippen molar-refractivity contribution in [3.8, 4) is 22.9 Å². The molecule has 9 heteroatoms. The van der Waals surface area contributed by atoms with E-state index >= 15 is 4.39 Å². The van der Waals surface area contributed by atoms with Crippen molar-refractivity contribution < 1.29 is 14.2 Å². The molecule has 0 spiro atoms. The van der Waals surface area contributed by atoms with Crippen LogP contribution in [0.1, 0.15) is 19.8 Å². The van der Waals surface area contributed by atoms with E-state index in [1.807, 2.05) is 24.3 Å². The lowest BCUT2D eigenvalue weighted by Gasteiger charge is -2.45. The molecule has 3 saturated heterocycles. The number of phenols is 1. The average Bonchev–Trinajstić information content (AvgIpc) is 3.25. The van der Waals surface area contributed by atoms with Gasteiger partial charge in [0.15, 0.2) is 5.82 Å². The van der Waals surface area contributed by atoms with Gasteiger partial charge in [-0.3, -0.25) is 0 Å². The van der Waals surface area contributed by atoms with Gasteiger partial charge in [-0.2, -0.15) is 9.97 Å². The number of anilines is 1. The van der Waals surface area contributed by atoms with Crippen LogP contribution in [0.5, 0.6) is 11.8 Å². The standard InChI is InChI=1S/C31H33ClFN5O2/c1-31(15-37(2)16-31)17-40-30-35-28-24(29(36-30)38-8-7-18-9-20(14-38)34-13-18)12-25(32)26(27(28)33)23-11-21(39)10-19-5-3-4-6-22(19)23/h3-6,10-12,18,20,34,39H,7-9,13-17H2,1-2H3. The second kappa shape index (κ2) is 9.72. The van der Waals surface area contributed by atoms with E-state index in [0.717, 1.165) is 56.3 Å². The maximum Gasteiger partial charge on any atom is 0.319 e. The van der Waals surface area contributed by atoms with E-state index in [1.165, 1.54) is 0 Å². The van der Waals surface area contributed by atoms with Crippen molar-refractivity contribution in [2.75, 3.05) is 51.3 Å². The third-order valence-electron chi connectivity index (χ3n) is 8.67.